The highest BCUT2D eigenvalue weighted by Gasteiger charge is 2.15. The standard InChI is InChI=1S/C14H20N6O/c1-15-12-17-13(16-9-11-5-8-21-10-11)19-14(18-12)20-6-3-2-4-7-20/h5,8,10H,2-4,6-7,9H2,1H3,(H2,15,16,17,18,19). The van der Waals surface area contributed by atoms with E-state index in [1.54, 1.807) is 12.5 Å². The van der Waals surface area contributed by atoms with Crippen LogP contribution in [0.25, 0.3) is 0 Å². The lowest BCUT2D eigenvalue weighted by molar-refractivity contribution is 0.564. The second-order valence-corrected chi connectivity index (χ2v) is 5.07. The van der Waals surface area contributed by atoms with E-state index in [1.807, 2.05) is 13.1 Å². The summed E-state index contributed by atoms with van der Waals surface area (Å²) in [4.78, 5) is 15.5. The molecular weight excluding hydrogens is 268 g/mol. The van der Waals surface area contributed by atoms with Gasteiger partial charge in [0.05, 0.1) is 12.5 Å². The van der Waals surface area contributed by atoms with E-state index in [2.05, 4.69) is 30.5 Å². The minimum absolute atomic E-state index is 0.580. The molecule has 2 aromatic rings. The lowest BCUT2D eigenvalue weighted by Crippen LogP contribution is -2.31. The molecule has 7 heteroatoms. The Hall–Kier alpha value is -2.31. The first kappa shape index (κ1) is 13.7. The van der Waals surface area contributed by atoms with Gasteiger partial charge in [-0.25, -0.2) is 0 Å². The quantitative estimate of drug-likeness (QED) is 0.872. The van der Waals surface area contributed by atoms with Crippen molar-refractivity contribution in [2.24, 2.45) is 0 Å². The highest BCUT2D eigenvalue weighted by Crippen LogP contribution is 2.18. The molecule has 1 aliphatic rings. The average molecular weight is 288 g/mol. The van der Waals surface area contributed by atoms with E-state index < -0.39 is 0 Å². The average Bonchev–Trinajstić information content (AvgIpc) is 3.07. The molecule has 7 nitrogen and oxygen atoms in total. The number of nitrogens with zero attached hydrogens (tertiary/aromatic N) is 4. The zero-order chi connectivity index (χ0) is 14.5. The molecule has 0 aliphatic carbocycles. The zero-order valence-electron chi connectivity index (χ0n) is 12.2. The van der Waals surface area contributed by atoms with Gasteiger partial charge in [0.1, 0.15) is 0 Å². The largest absolute Gasteiger partial charge is 0.472 e. The summed E-state index contributed by atoms with van der Waals surface area (Å²) < 4.78 is 5.05. The van der Waals surface area contributed by atoms with Crippen LogP contribution in [0.5, 0.6) is 0 Å². The molecule has 1 fully saturated rings. The number of hydrogen-bond acceptors (Lipinski definition) is 7. The molecule has 2 aromatic heterocycles. The van der Waals surface area contributed by atoms with Crippen LogP contribution in [0.3, 0.4) is 0 Å². The first-order valence-electron chi connectivity index (χ1n) is 7.29. The third kappa shape index (κ3) is 3.42. The maximum atomic E-state index is 5.05. The van der Waals surface area contributed by atoms with Gasteiger partial charge in [0.15, 0.2) is 0 Å². The fourth-order valence-corrected chi connectivity index (χ4v) is 2.37. The summed E-state index contributed by atoms with van der Waals surface area (Å²) >= 11 is 0. The third-order valence-corrected chi connectivity index (χ3v) is 3.52. The summed E-state index contributed by atoms with van der Waals surface area (Å²) in [6, 6.07) is 1.92. The molecule has 0 amide bonds. The van der Waals surface area contributed by atoms with Crippen LogP contribution in [0.2, 0.25) is 0 Å². The van der Waals surface area contributed by atoms with Crippen molar-refractivity contribution in [3.05, 3.63) is 24.2 Å². The zero-order valence-corrected chi connectivity index (χ0v) is 12.2. The van der Waals surface area contributed by atoms with Crippen molar-refractivity contribution in [2.45, 2.75) is 25.8 Å². The summed E-state index contributed by atoms with van der Waals surface area (Å²) in [5, 5.41) is 6.20. The van der Waals surface area contributed by atoms with Crippen LogP contribution in [0, 0.1) is 0 Å². The summed E-state index contributed by atoms with van der Waals surface area (Å²) in [7, 11) is 1.81. The minimum Gasteiger partial charge on any atom is -0.472 e. The topological polar surface area (TPSA) is 79.1 Å². The Morgan fingerprint density at radius 3 is 2.67 bits per heavy atom. The molecule has 0 spiro atoms. The van der Waals surface area contributed by atoms with E-state index in [1.165, 1.54) is 19.3 Å². The van der Waals surface area contributed by atoms with Crippen LogP contribution in [0.4, 0.5) is 17.8 Å². The van der Waals surface area contributed by atoms with Crippen LogP contribution in [0.1, 0.15) is 24.8 Å². The van der Waals surface area contributed by atoms with Crippen LogP contribution in [0.15, 0.2) is 23.0 Å². The number of piperidine rings is 1. The minimum atomic E-state index is 0.580. The lowest BCUT2D eigenvalue weighted by Gasteiger charge is -2.26. The normalized spacial score (nSPS) is 15.0. The number of rotatable bonds is 5. The van der Waals surface area contributed by atoms with Gasteiger partial charge in [-0.2, -0.15) is 15.0 Å². The van der Waals surface area contributed by atoms with E-state index >= 15 is 0 Å². The highest BCUT2D eigenvalue weighted by molar-refractivity contribution is 5.44. The molecule has 0 unspecified atom stereocenters. The van der Waals surface area contributed by atoms with Crippen LogP contribution >= 0.6 is 0 Å². The van der Waals surface area contributed by atoms with Gasteiger partial charge in [-0.1, -0.05) is 0 Å². The first-order chi connectivity index (χ1) is 10.3. The van der Waals surface area contributed by atoms with E-state index in [4.69, 9.17) is 4.42 Å². The fraction of sp³-hybridized carbons (Fsp3) is 0.500. The van der Waals surface area contributed by atoms with E-state index in [0.29, 0.717) is 18.4 Å². The van der Waals surface area contributed by atoms with Crippen molar-refractivity contribution >= 4 is 17.8 Å². The Labute approximate surface area is 123 Å². The van der Waals surface area contributed by atoms with Crippen molar-refractivity contribution in [1.29, 1.82) is 0 Å². The number of aromatic nitrogens is 3. The lowest BCUT2D eigenvalue weighted by atomic mass is 10.1. The first-order valence-corrected chi connectivity index (χ1v) is 7.29. The smallest absolute Gasteiger partial charge is 0.231 e. The summed E-state index contributed by atoms with van der Waals surface area (Å²) in [5.41, 5.74) is 1.06. The van der Waals surface area contributed by atoms with Gasteiger partial charge in [-0.15, -0.1) is 0 Å². The molecule has 1 aliphatic heterocycles. The number of hydrogen-bond donors (Lipinski definition) is 2. The SMILES string of the molecule is CNc1nc(NCc2ccoc2)nc(N2CCCCC2)n1. The van der Waals surface area contributed by atoms with Crippen molar-refractivity contribution in [3.63, 3.8) is 0 Å². The van der Waals surface area contributed by atoms with Crippen molar-refractivity contribution < 1.29 is 4.42 Å². The molecular formula is C14H20N6O. The highest BCUT2D eigenvalue weighted by atomic mass is 16.3. The molecule has 21 heavy (non-hydrogen) atoms. The van der Waals surface area contributed by atoms with Gasteiger partial charge in [0.25, 0.3) is 0 Å². The van der Waals surface area contributed by atoms with Crippen LogP contribution in [-0.2, 0) is 6.54 Å². The van der Waals surface area contributed by atoms with Gasteiger partial charge in [0.2, 0.25) is 17.8 Å². The van der Waals surface area contributed by atoms with Crippen molar-refractivity contribution in [3.8, 4) is 0 Å². The molecule has 0 radical (unpaired) electrons. The summed E-state index contributed by atoms with van der Waals surface area (Å²) in [6.07, 6.45) is 7.03. The van der Waals surface area contributed by atoms with Crippen molar-refractivity contribution in [1.82, 2.24) is 15.0 Å². The molecule has 0 atom stereocenters. The molecule has 2 N–H and O–H groups in total. The molecule has 0 bridgehead atoms. The molecule has 0 saturated carbocycles. The molecule has 0 aromatic carbocycles. The van der Waals surface area contributed by atoms with Gasteiger partial charge < -0.3 is 20.0 Å². The Morgan fingerprint density at radius 2 is 1.95 bits per heavy atom. The molecule has 3 heterocycles. The second-order valence-electron chi connectivity index (χ2n) is 5.07. The van der Waals surface area contributed by atoms with E-state index in [9.17, 15) is 0 Å². The molecule has 112 valence electrons. The van der Waals surface area contributed by atoms with E-state index in [-0.39, 0.29) is 0 Å². The van der Waals surface area contributed by atoms with Gasteiger partial charge in [-0.3, -0.25) is 0 Å². The Bertz CT molecular complexity index is 565. The number of nitrogens with one attached hydrogen (secondary N) is 2. The summed E-state index contributed by atoms with van der Waals surface area (Å²) in [6.45, 7) is 2.64. The maximum absolute atomic E-state index is 5.05. The van der Waals surface area contributed by atoms with Crippen LogP contribution < -0.4 is 15.5 Å². The number of furan rings is 1. The Kier molecular flexibility index (Phi) is 4.18. The third-order valence-electron chi connectivity index (χ3n) is 3.52. The van der Waals surface area contributed by atoms with Gasteiger partial charge >= 0.3 is 0 Å². The fourth-order valence-electron chi connectivity index (χ4n) is 2.37. The Morgan fingerprint density at radius 1 is 1.14 bits per heavy atom. The van der Waals surface area contributed by atoms with Crippen LogP contribution in [-0.4, -0.2) is 35.1 Å². The molecule has 3 rings (SSSR count). The predicted octanol–water partition coefficient (Wildman–Crippen LogP) is 2.11. The Balaban J connectivity index is 1.75. The second kappa shape index (κ2) is 6.43. The molecule has 1 saturated heterocycles. The predicted molar refractivity (Wildman–Crippen MR) is 81.5 cm³/mol. The monoisotopic (exact) mass is 288 g/mol. The summed E-state index contributed by atoms with van der Waals surface area (Å²) in [5.74, 6) is 1.90. The van der Waals surface area contributed by atoms with Gasteiger partial charge in [-0.05, 0) is 25.3 Å². The van der Waals surface area contributed by atoms with Crippen molar-refractivity contribution in [2.75, 3.05) is 35.7 Å². The van der Waals surface area contributed by atoms with Gasteiger partial charge in [0, 0.05) is 32.2 Å². The van der Waals surface area contributed by atoms with E-state index in [0.717, 1.165) is 24.6 Å². The maximum Gasteiger partial charge on any atom is 0.231 e. The number of anilines is 3.